The number of ketones is 3. The molecule has 26 nitrogen and oxygen atoms in total. The summed E-state index contributed by atoms with van der Waals surface area (Å²) < 4.78 is 13.8. The number of rotatable bonds is 14. The third-order valence-corrected chi connectivity index (χ3v) is 23.1. The number of Topliss-reactive ketones (excluding diaryl/α,β-unsaturated/α-hetero) is 3. The molecule has 16 heterocycles. The number of benzene rings is 1. The predicted molar refractivity (Wildman–Crippen MR) is 432 cm³/mol. The largest absolute Gasteiger partial charge is 1.00 e. The van der Waals surface area contributed by atoms with E-state index >= 15 is 0 Å². The number of aromatic nitrogens is 12. The zero-order chi connectivity index (χ0) is 79.9. The fourth-order valence-electron chi connectivity index (χ4n) is 16.7. The molecule has 5 unspecified atom stereocenters. The van der Waals surface area contributed by atoms with Gasteiger partial charge in [-0.3, -0.25) is 48.7 Å². The van der Waals surface area contributed by atoms with Gasteiger partial charge in [0.05, 0.1) is 131 Å². The monoisotopic (exact) mass is 1570 g/mol. The molecule has 28 heteroatoms. The smallest absolute Gasteiger partial charge is 1.00 e. The number of carbonyl (C=O) groups excluding carboxylic acids is 6. The van der Waals surface area contributed by atoms with Gasteiger partial charge in [0.15, 0.2) is 0 Å². The molecule has 1 aromatic carbocycles. The number of hydrogen-bond acceptors (Lipinski definition) is 18. The first-order valence-corrected chi connectivity index (χ1v) is 39.8. The maximum absolute atomic E-state index is 13.1. The summed E-state index contributed by atoms with van der Waals surface area (Å²) in [5, 5.41) is 22.5. The van der Waals surface area contributed by atoms with E-state index in [1.165, 1.54) is 0 Å². The Morgan fingerprint density at radius 1 is 0.452 bits per heavy atom. The molecule has 8 aliphatic rings. The van der Waals surface area contributed by atoms with Crippen molar-refractivity contribution >= 4 is 49.6 Å². The van der Waals surface area contributed by atoms with Gasteiger partial charge < -0.3 is 54.7 Å². The summed E-state index contributed by atoms with van der Waals surface area (Å²) in [6, 6.07) is 25.4. The van der Waals surface area contributed by atoms with E-state index in [-0.39, 0.29) is 134 Å². The van der Waals surface area contributed by atoms with E-state index in [0.29, 0.717) is 70.5 Å². The van der Waals surface area contributed by atoms with Crippen LogP contribution in [0.25, 0.3) is 45.0 Å². The van der Waals surface area contributed by atoms with Crippen LogP contribution in [-0.2, 0) is 40.1 Å². The van der Waals surface area contributed by atoms with Crippen molar-refractivity contribution in [2.24, 2.45) is 39.9 Å². The van der Waals surface area contributed by atoms with E-state index < -0.39 is 17.5 Å². The van der Waals surface area contributed by atoms with Crippen molar-refractivity contribution in [2.45, 2.75) is 176 Å². The first-order valence-electron chi connectivity index (χ1n) is 39.8. The summed E-state index contributed by atoms with van der Waals surface area (Å²) in [6.07, 6.45) is 29.5. The molecule has 0 aliphatic carbocycles. The minimum Gasteiger partial charge on any atom is -1.00 e. The van der Waals surface area contributed by atoms with E-state index in [1.54, 1.807) is 56.9 Å². The number of amides is 3. The molecule has 115 heavy (non-hydrogen) atoms. The van der Waals surface area contributed by atoms with Crippen LogP contribution in [-0.4, -0.2) is 191 Å². The first kappa shape index (κ1) is 86.2. The van der Waals surface area contributed by atoms with Crippen LogP contribution in [0.3, 0.4) is 0 Å². The molecule has 5 atom stereocenters. The summed E-state index contributed by atoms with van der Waals surface area (Å²) in [5.41, 5.74) is 12.1. The van der Waals surface area contributed by atoms with Crippen LogP contribution in [0.4, 0.5) is 4.79 Å². The second kappa shape index (κ2) is 37.5. The van der Waals surface area contributed by atoms with Crippen molar-refractivity contribution in [3.8, 4) is 45.0 Å². The molecule has 3 radical (unpaired) electrons. The number of pyridine rings is 4. The van der Waals surface area contributed by atoms with Gasteiger partial charge >= 0.3 is 41.6 Å². The molecule has 3 amide bonds. The molecule has 0 saturated carbocycles. The van der Waals surface area contributed by atoms with Crippen molar-refractivity contribution in [2.75, 3.05) is 52.4 Å². The van der Waals surface area contributed by atoms with Gasteiger partial charge in [0.1, 0.15) is 24.0 Å². The number of nitrogens with one attached hydrogen (secondary N) is 1. The quantitative estimate of drug-likeness (QED) is 0.0853. The number of carboxylic acid groups (broad SMARTS) is 1. The van der Waals surface area contributed by atoms with Crippen molar-refractivity contribution in [3.05, 3.63) is 182 Å². The number of aliphatic carboxylic acids is 1. The molecule has 0 spiro atoms. The average Bonchev–Trinajstić information content (AvgIpc) is 1.62. The number of piperidine rings is 4. The number of ether oxygens (including phenoxy) is 1. The summed E-state index contributed by atoms with van der Waals surface area (Å²) in [7, 11) is 0. The SMILES string of the molecule is CC(C)(C)C(=O)N1CCC(C(=O)CC2c3ncccc3-c3cncn32)CC1.CC(C)(C)C(=O)N1CCC(C(O)CC2c3ncccc3-c3cncn32)CC1.CC(C)(C)C(=O)O.O=C(CC1c2ncccc2-c2cncn21)C1CCN(C(=O)OCc2ccccc2)CC1.O=C(CC1c2ncccc2-c2cncn21)C1CCNCC1.[B].[H-].[Na+]. The maximum atomic E-state index is 13.1. The van der Waals surface area contributed by atoms with Gasteiger partial charge in [-0.05, 0) is 145 Å². The number of aliphatic hydroxyl groups excluding tert-OH is 1. The van der Waals surface area contributed by atoms with Crippen LogP contribution >= 0.6 is 0 Å². The summed E-state index contributed by atoms with van der Waals surface area (Å²) in [6.45, 7) is 22.8. The van der Waals surface area contributed by atoms with Crippen molar-refractivity contribution in [1.82, 2.24) is 78.2 Å². The molecular formula is C87H107BN16NaO10. The fourth-order valence-corrected chi connectivity index (χ4v) is 16.7. The molecule has 0 bridgehead atoms. The van der Waals surface area contributed by atoms with Gasteiger partial charge in [-0.2, -0.15) is 0 Å². The number of nitrogens with zero attached hydrogens (tertiary/aromatic N) is 15. The van der Waals surface area contributed by atoms with Crippen LogP contribution in [0, 0.1) is 39.9 Å². The Hall–Kier alpha value is -9.67. The fraction of sp³-hybridized carbons (Fsp3) is 0.483. The van der Waals surface area contributed by atoms with Gasteiger partial charge in [0, 0.05) is 149 Å². The minimum atomic E-state index is -0.757. The third-order valence-electron chi connectivity index (χ3n) is 23.1. The Bertz CT molecular complexity index is 4860. The van der Waals surface area contributed by atoms with E-state index in [4.69, 9.17) is 9.84 Å². The number of carboxylic acids is 1. The van der Waals surface area contributed by atoms with Gasteiger partial charge in [-0.1, -0.05) is 71.9 Å². The average molecular weight is 1570 g/mol. The number of fused-ring (bicyclic) bond motifs is 12. The van der Waals surface area contributed by atoms with Crippen LogP contribution < -0.4 is 34.9 Å². The third kappa shape index (κ3) is 19.7. The normalized spacial score (nSPS) is 18.9. The number of imidazole rings is 4. The Balaban J connectivity index is 0.000000158. The molecule has 4 saturated heterocycles. The van der Waals surface area contributed by atoms with Crippen LogP contribution in [0.5, 0.6) is 0 Å². The van der Waals surface area contributed by atoms with Crippen LogP contribution in [0.15, 0.2) is 154 Å². The zero-order valence-electron chi connectivity index (χ0n) is 68.9. The van der Waals surface area contributed by atoms with Crippen LogP contribution in [0.2, 0.25) is 0 Å². The number of carbonyl (C=O) groups is 7. The molecule has 8 aliphatic heterocycles. The standard InChI is InChI=1S/C24H24N4O3.C21H28N4O2.C21H26N4O2.C16H18N4O.C5H10O2.B.Na.H/c29-22(13-20-23-19(7-4-10-26-23)21-14-25-16-28(20)21)18-8-11-27(12-9-18)24(30)31-15-17-5-2-1-3-6-17;2*1-21(2,3)20(27)24-9-6-14(7-10-24)18(26)11-16-19-15(5-4-8-23-19)17-12-22-13-25(16)17;21-15(11-3-6-17-7-4-11)8-13-16-12(2-1-5-19-16)14-9-18-10-20(13)14;1-5(2,3)4(6)7;;;/h1-7,10,14,16,18,20H,8-9,11-13,15H2;4-5,8,12-14,16,18,26H,6-7,9-11H2,1-3H3;4-5,8,12-14,16H,6-7,9-11H2,1-3H3;1-2,5,9-11,13,17H,3-4,6-8H2;1-3H3,(H,6,7);;;/q;;;;;;+1;-1. The first-order chi connectivity index (χ1) is 54.2. The van der Waals surface area contributed by atoms with Crippen molar-refractivity contribution < 1.29 is 79.5 Å². The van der Waals surface area contributed by atoms with Gasteiger partial charge in [0.25, 0.3) is 0 Å². The Kier molecular flexibility index (Phi) is 28.1. The number of likely N-dealkylation sites (tertiary alicyclic amines) is 3. The summed E-state index contributed by atoms with van der Waals surface area (Å²) >= 11 is 0. The summed E-state index contributed by atoms with van der Waals surface area (Å²) in [5.74, 6) is 0.859. The second-order valence-corrected chi connectivity index (χ2v) is 33.9. The van der Waals surface area contributed by atoms with Crippen molar-refractivity contribution in [3.63, 3.8) is 0 Å². The van der Waals surface area contributed by atoms with E-state index in [1.807, 2.05) is 166 Å². The Labute approximate surface area is 698 Å². The molecule has 4 fully saturated rings. The number of hydrogen-bond donors (Lipinski definition) is 3. The zero-order valence-corrected chi connectivity index (χ0v) is 69.9. The van der Waals surface area contributed by atoms with Gasteiger partial charge in [-0.25, -0.2) is 24.7 Å². The second-order valence-electron chi connectivity index (χ2n) is 33.9. The molecular weight excluding hydrogens is 1460 g/mol. The Morgan fingerprint density at radius 2 is 0.774 bits per heavy atom. The van der Waals surface area contributed by atoms with E-state index in [9.17, 15) is 38.7 Å². The molecule has 9 aromatic rings. The Morgan fingerprint density at radius 3 is 1.12 bits per heavy atom. The molecule has 8 aromatic heterocycles. The van der Waals surface area contributed by atoms with Gasteiger partial charge in [-0.15, -0.1) is 0 Å². The van der Waals surface area contributed by atoms with Crippen molar-refractivity contribution in [1.29, 1.82) is 0 Å². The molecule has 17 rings (SSSR count). The van der Waals surface area contributed by atoms with E-state index in [0.717, 1.165) is 138 Å². The molecule has 599 valence electrons. The summed E-state index contributed by atoms with van der Waals surface area (Å²) in [4.78, 5) is 127. The minimum absolute atomic E-state index is 0. The topological polar surface area (TPSA) is 314 Å². The predicted octanol–water partition coefficient (Wildman–Crippen LogP) is 9.49. The number of aliphatic hydroxyl groups is 1. The molecule has 3 N–H and O–H groups in total. The van der Waals surface area contributed by atoms with Gasteiger partial charge in [0.2, 0.25) is 11.8 Å². The maximum Gasteiger partial charge on any atom is 1.00 e. The van der Waals surface area contributed by atoms with Crippen LogP contribution in [0.1, 0.15) is 193 Å². The van der Waals surface area contributed by atoms with E-state index in [2.05, 4.69) is 71.0 Å².